The molecular formula is C16H18N2O2. The monoisotopic (exact) mass is 270 g/mol. The zero-order valence-electron chi connectivity index (χ0n) is 11.3. The number of rotatable bonds is 5. The van der Waals surface area contributed by atoms with Gasteiger partial charge in [-0.1, -0.05) is 12.1 Å². The van der Waals surface area contributed by atoms with Crippen molar-refractivity contribution in [3.05, 3.63) is 42.1 Å². The molecule has 1 saturated carbocycles. The van der Waals surface area contributed by atoms with Crippen LogP contribution in [0.4, 0.5) is 0 Å². The third-order valence-electron chi connectivity index (χ3n) is 4.11. The first-order valence-corrected chi connectivity index (χ1v) is 6.97. The van der Waals surface area contributed by atoms with Crippen molar-refractivity contribution < 1.29 is 9.90 Å². The van der Waals surface area contributed by atoms with Crippen LogP contribution in [0.1, 0.15) is 29.6 Å². The minimum absolute atomic E-state index is 0.0622. The second-order valence-electron chi connectivity index (χ2n) is 5.53. The number of nitrogens with zero attached hydrogens (tertiary/aromatic N) is 1. The maximum Gasteiger partial charge on any atom is 0.251 e. The van der Waals surface area contributed by atoms with Crippen LogP contribution < -0.4 is 5.32 Å². The molecule has 0 unspecified atom stereocenters. The second kappa shape index (κ2) is 5.21. The molecule has 1 aliphatic rings. The smallest absolute Gasteiger partial charge is 0.251 e. The summed E-state index contributed by atoms with van der Waals surface area (Å²) in [5, 5.41) is 12.9. The Kier molecular flexibility index (Phi) is 3.40. The highest BCUT2D eigenvalue weighted by atomic mass is 16.3. The van der Waals surface area contributed by atoms with Gasteiger partial charge in [-0.25, -0.2) is 0 Å². The van der Waals surface area contributed by atoms with Gasteiger partial charge < -0.3 is 10.4 Å². The molecular weight excluding hydrogens is 252 g/mol. The van der Waals surface area contributed by atoms with Gasteiger partial charge in [0.2, 0.25) is 0 Å². The molecule has 1 aliphatic carbocycles. The van der Waals surface area contributed by atoms with Crippen molar-refractivity contribution >= 4 is 16.8 Å². The number of fused-ring (bicyclic) bond motifs is 1. The van der Waals surface area contributed by atoms with Gasteiger partial charge in [0.25, 0.3) is 5.91 Å². The molecule has 0 radical (unpaired) electrons. The third-order valence-corrected chi connectivity index (χ3v) is 4.11. The molecule has 0 aliphatic heterocycles. The van der Waals surface area contributed by atoms with Crippen LogP contribution in [0.2, 0.25) is 0 Å². The third kappa shape index (κ3) is 2.51. The average molecular weight is 270 g/mol. The normalized spacial score (nSPS) is 16.1. The van der Waals surface area contributed by atoms with Gasteiger partial charge in [0.15, 0.2) is 0 Å². The number of pyridine rings is 1. The number of aliphatic hydroxyl groups is 1. The van der Waals surface area contributed by atoms with Crippen LogP contribution in [-0.4, -0.2) is 29.1 Å². The summed E-state index contributed by atoms with van der Waals surface area (Å²) >= 11 is 0. The van der Waals surface area contributed by atoms with Crippen LogP contribution in [-0.2, 0) is 0 Å². The minimum Gasteiger partial charge on any atom is -0.396 e. The fraction of sp³-hybridized carbons (Fsp3) is 0.375. The molecule has 0 saturated heterocycles. The molecule has 104 valence electrons. The highest BCUT2D eigenvalue weighted by Crippen LogP contribution is 2.47. The van der Waals surface area contributed by atoms with Gasteiger partial charge in [-0.05, 0) is 42.9 Å². The fourth-order valence-electron chi connectivity index (χ4n) is 2.59. The quantitative estimate of drug-likeness (QED) is 0.875. The van der Waals surface area contributed by atoms with Crippen molar-refractivity contribution in [2.45, 2.75) is 19.3 Å². The minimum atomic E-state index is -0.0622. The topological polar surface area (TPSA) is 62.2 Å². The van der Waals surface area contributed by atoms with Gasteiger partial charge in [0.05, 0.1) is 5.52 Å². The highest BCUT2D eigenvalue weighted by molar-refractivity contribution is 6.06. The molecule has 20 heavy (non-hydrogen) atoms. The van der Waals surface area contributed by atoms with Gasteiger partial charge in [-0.15, -0.1) is 0 Å². The van der Waals surface area contributed by atoms with Gasteiger partial charge in [0, 0.05) is 30.3 Å². The summed E-state index contributed by atoms with van der Waals surface area (Å²) in [6.45, 7) is 0.830. The molecule has 3 rings (SSSR count). The SMILES string of the molecule is O=C(NCC1(CCO)CC1)c1cccc2ncccc12. The molecule has 2 aromatic rings. The number of amides is 1. The van der Waals surface area contributed by atoms with Crippen molar-refractivity contribution in [3.63, 3.8) is 0 Å². The van der Waals surface area contributed by atoms with Crippen molar-refractivity contribution in [1.29, 1.82) is 0 Å². The number of aliphatic hydroxyl groups excluding tert-OH is 1. The fourth-order valence-corrected chi connectivity index (χ4v) is 2.59. The predicted octanol–water partition coefficient (Wildman–Crippen LogP) is 2.13. The molecule has 1 heterocycles. The van der Waals surface area contributed by atoms with Gasteiger partial charge in [0.1, 0.15) is 0 Å². The van der Waals surface area contributed by atoms with Crippen molar-refractivity contribution in [1.82, 2.24) is 10.3 Å². The molecule has 4 nitrogen and oxygen atoms in total. The maximum absolute atomic E-state index is 12.3. The van der Waals surface area contributed by atoms with Crippen LogP contribution in [0.25, 0.3) is 10.9 Å². The van der Waals surface area contributed by atoms with E-state index in [0.717, 1.165) is 30.2 Å². The summed E-state index contributed by atoms with van der Waals surface area (Å²) in [5.41, 5.74) is 1.62. The lowest BCUT2D eigenvalue weighted by atomic mass is 10.0. The molecule has 0 bridgehead atoms. The summed E-state index contributed by atoms with van der Waals surface area (Å²) < 4.78 is 0. The number of hydrogen-bond donors (Lipinski definition) is 2. The second-order valence-corrected chi connectivity index (χ2v) is 5.53. The Bertz CT molecular complexity index is 630. The maximum atomic E-state index is 12.3. The Morgan fingerprint density at radius 3 is 2.90 bits per heavy atom. The summed E-state index contributed by atoms with van der Waals surface area (Å²) in [6, 6.07) is 9.33. The molecule has 0 atom stereocenters. The van der Waals surface area contributed by atoms with E-state index in [9.17, 15) is 4.79 Å². The van der Waals surface area contributed by atoms with Crippen LogP contribution in [0, 0.1) is 5.41 Å². The van der Waals surface area contributed by atoms with Gasteiger partial charge >= 0.3 is 0 Å². The van der Waals surface area contributed by atoms with Crippen LogP contribution in [0.15, 0.2) is 36.5 Å². The van der Waals surface area contributed by atoms with E-state index in [1.54, 1.807) is 6.20 Å². The number of aromatic nitrogens is 1. The molecule has 2 N–H and O–H groups in total. The Hall–Kier alpha value is -1.94. The lowest BCUT2D eigenvalue weighted by Crippen LogP contribution is -2.30. The Morgan fingerprint density at radius 2 is 2.15 bits per heavy atom. The van der Waals surface area contributed by atoms with Crippen molar-refractivity contribution in [2.75, 3.05) is 13.2 Å². The van der Waals surface area contributed by atoms with E-state index in [1.807, 2.05) is 30.3 Å². The van der Waals surface area contributed by atoms with Crippen LogP contribution in [0.5, 0.6) is 0 Å². The summed E-state index contributed by atoms with van der Waals surface area (Å²) in [7, 11) is 0. The van der Waals surface area contributed by atoms with E-state index in [2.05, 4.69) is 10.3 Å². The first kappa shape index (κ1) is 13.1. The summed E-state index contributed by atoms with van der Waals surface area (Å²) in [4.78, 5) is 16.6. The molecule has 1 amide bonds. The van der Waals surface area contributed by atoms with Gasteiger partial charge in [-0.2, -0.15) is 0 Å². The standard InChI is InChI=1S/C16H18N2O2/c19-10-8-16(6-7-16)11-18-15(20)13-3-1-5-14-12(13)4-2-9-17-14/h1-5,9,19H,6-8,10-11H2,(H,18,20). The van der Waals surface area contributed by atoms with Crippen molar-refractivity contribution in [3.8, 4) is 0 Å². The Morgan fingerprint density at radius 1 is 1.30 bits per heavy atom. The first-order chi connectivity index (χ1) is 9.74. The summed E-state index contributed by atoms with van der Waals surface area (Å²) in [5.74, 6) is -0.0622. The van der Waals surface area contributed by atoms with Crippen LogP contribution >= 0.6 is 0 Å². The number of nitrogens with one attached hydrogen (secondary N) is 1. The molecule has 4 heteroatoms. The average Bonchev–Trinajstić information content (AvgIpc) is 3.25. The van der Waals surface area contributed by atoms with E-state index in [4.69, 9.17) is 5.11 Å². The first-order valence-electron chi connectivity index (χ1n) is 6.97. The van der Waals surface area contributed by atoms with E-state index in [0.29, 0.717) is 12.1 Å². The molecule has 1 aromatic carbocycles. The lowest BCUT2D eigenvalue weighted by Gasteiger charge is -2.15. The summed E-state index contributed by atoms with van der Waals surface area (Å²) in [6.07, 6.45) is 4.67. The lowest BCUT2D eigenvalue weighted by molar-refractivity contribution is 0.0942. The van der Waals surface area contributed by atoms with E-state index in [-0.39, 0.29) is 17.9 Å². The van der Waals surface area contributed by atoms with Crippen LogP contribution in [0.3, 0.4) is 0 Å². The zero-order valence-corrected chi connectivity index (χ0v) is 11.3. The number of carbonyl (C=O) groups is 1. The van der Waals surface area contributed by atoms with Crippen molar-refractivity contribution in [2.24, 2.45) is 5.41 Å². The molecule has 1 fully saturated rings. The largest absolute Gasteiger partial charge is 0.396 e. The van der Waals surface area contributed by atoms with Gasteiger partial charge in [-0.3, -0.25) is 9.78 Å². The van der Waals surface area contributed by atoms with E-state index in [1.165, 1.54) is 0 Å². The predicted molar refractivity (Wildman–Crippen MR) is 77.4 cm³/mol. The van der Waals surface area contributed by atoms with E-state index >= 15 is 0 Å². The van der Waals surface area contributed by atoms with E-state index < -0.39 is 0 Å². The zero-order chi connectivity index (χ0) is 14.0. The highest BCUT2D eigenvalue weighted by Gasteiger charge is 2.41. The molecule has 0 spiro atoms. The Labute approximate surface area is 117 Å². The Balaban J connectivity index is 1.76. The number of carbonyl (C=O) groups excluding carboxylic acids is 1. The number of benzene rings is 1. The molecule has 1 aromatic heterocycles. The number of hydrogen-bond acceptors (Lipinski definition) is 3.